The van der Waals surface area contributed by atoms with Crippen LogP contribution in [0.15, 0.2) is 16.9 Å². The van der Waals surface area contributed by atoms with Crippen molar-refractivity contribution in [2.24, 2.45) is 0 Å². The van der Waals surface area contributed by atoms with E-state index >= 15 is 0 Å². The molecular formula is C11H17FN2O. The first kappa shape index (κ1) is 11.8. The minimum atomic E-state index is -0.287. The van der Waals surface area contributed by atoms with E-state index < -0.39 is 0 Å². The molecule has 3 nitrogen and oxygen atoms in total. The van der Waals surface area contributed by atoms with Crippen LogP contribution in [0.25, 0.3) is 0 Å². The average molecular weight is 212 g/mol. The largest absolute Gasteiger partial charge is 0.397 e. The minimum absolute atomic E-state index is 0.0399. The summed E-state index contributed by atoms with van der Waals surface area (Å²) in [6, 6.07) is 3.09. The summed E-state index contributed by atoms with van der Waals surface area (Å²) < 4.78 is 13.5. The molecule has 4 heteroatoms. The van der Waals surface area contributed by atoms with Gasteiger partial charge in [-0.05, 0) is 32.3 Å². The molecule has 15 heavy (non-hydrogen) atoms. The molecular weight excluding hydrogens is 195 g/mol. The molecule has 1 rings (SSSR count). The molecule has 0 saturated heterocycles. The van der Waals surface area contributed by atoms with Crippen molar-refractivity contribution >= 4 is 5.69 Å². The summed E-state index contributed by atoms with van der Waals surface area (Å²) in [5.74, 6) is 0. The highest BCUT2D eigenvalue weighted by Gasteiger charge is 2.02. The molecule has 84 valence electrons. The second-order valence-corrected chi connectivity index (χ2v) is 3.61. The fourth-order valence-corrected chi connectivity index (χ4v) is 1.51. The molecule has 0 aromatic carbocycles. The van der Waals surface area contributed by atoms with Crippen LogP contribution in [0, 0.1) is 6.92 Å². The van der Waals surface area contributed by atoms with E-state index in [4.69, 9.17) is 5.73 Å². The Bertz CT molecular complexity index is 373. The van der Waals surface area contributed by atoms with Gasteiger partial charge in [0.25, 0.3) is 5.56 Å². The Balaban J connectivity index is 2.68. The van der Waals surface area contributed by atoms with Gasteiger partial charge in [-0.2, -0.15) is 0 Å². The van der Waals surface area contributed by atoms with Gasteiger partial charge >= 0.3 is 0 Å². The third-order valence-corrected chi connectivity index (χ3v) is 2.51. The van der Waals surface area contributed by atoms with Crippen LogP contribution in [0.1, 0.15) is 25.0 Å². The highest BCUT2D eigenvalue weighted by Crippen LogP contribution is 2.08. The van der Waals surface area contributed by atoms with Gasteiger partial charge in [0, 0.05) is 18.3 Å². The first-order chi connectivity index (χ1) is 7.16. The molecule has 0 amide bonds. The third-order valence-electron chi connectivity index (χ3n) is 2.51. The van der Waals surface area contributed by atoms with E-state index in [0.717, 1.165) is 18.5 Å². The number of halogens is 1. The standard InChI is InChI=1S/C11H17FN2O/c1-9-10(13)5-6-11(15)14(9)8-4-2-3-7-12/h5-6H,2-4,7-8,13H2,1H3. The number of rotatable bonds is 5. The lowest BCUT2D eigenvalue weighted by Gasteiger charge is -2.10. The molecule has 0 aliphatic heterocycles. The van der Waals surface area contributed by atoms with Gasteiger partial charge in [0.1, 0.15) is 0 Å². The lowest BCUT2D eigenvalue weighted by molar-refractivity contribution is 0.446. The van der Waals surface area contributed by atoms with E-state index in [-0.39, 0.29) is 12.2 Å². The predicted molar refractivity (Wildman–Crippen MR) is 59.7 cm³/mol. The number of nitrogens with two attached hydrogens (primary N) is 1. The fourth-order valence-electron chi connectivity index (χ4n) is 1.51. The van der Waals surface area contributed by atoms with Crippen LogP contribution in [-0.2, 0) is 6.54 Å². The normalized spacial score (nSPS) is 10.5. The highest BCUT2D eigenvalue weighted by atomic mass is 19.1. The highest BCUT2D eigenvalue weighted by molar-refractivity contribution is 5.41. The van der Waals surface area contributed by atoms with Gasteiger partial charge in [-0.1, -0.05) is 0 Å². The number of pyridine rings is 1. The summed E-state index contributed by atoms with van der Waals surface area (Å²) in [4.78, 5) is 11.5. The van der Waals surface area contributed by atoms with Gasteiger partial charge in [-0.3, -0.25) is 9.18 Å². The number of nitrogens with zero attached hydrogens (tertiary/aromatic N) is 1. The first-order valence-corrected chi connectivity index (χ1v) is 5.18. The Kier molecular flexibility index (Phi) is 4.34. The van der Waals surface area contributed by atoms with Gasteiger partial charge in [0.2, 0.25) is 0 Å². The summed E-state index contributed by atoms with van der Waals surface area (Å²) in [6.45, 7) is 2.16. The van der Waals surface area contributed by atoms with E-state index in [1.807, 2.05) is 6.92 Å². The van der Waals surface area contributed by atoms with Crippen molar-refractivity contribution in [3.05, 3.63) is 28.2 Å². The molecule has 1 heterocycles. The number of unbranched alkanes of at least 4 members (excludes halogenated alkanes) is 2. The molecule has 0 atom stereocenters. The summed E-state index contributed by atoms with van der Waals surface area (Å²) in [5, 5.41) is 0. The van der Waals surface area contributed by atoms with E-state index in [9.17, 15) is 9.18 Å². The summed E-state index contributed by atoms with van der Waals surface area (Å²) in [6.07, 6.45) is 2.18. The lowest BCUT2D eigenvalue weighted by atomic mass is 10.2. The van der Waals surface area contributed by atoms with Crippen LogP contribution < -0.4 is 11.3 Å². The second-order valence-electron chi connectivity index (χ2n) is 3.61. The van der Waals surface area contributed by atoms with Gasteiger partial charge in [-0.15, -0.1) is 0 Å². The van der Waals surface area contributed by atoms with E-state index in [0.29, 0.717) is 18.7 Å². The molecule has 0 bridgehead atoms. The fraction of sp³-hybridized carbons (Fsp3) is 0.545. The Morgan fingerprint density at radius 2 is 2.07 bits per heavy atom. The van der Waals surface area contributed by atoms with Gasteiger partial charge in [-0.25, -0.2) is 0 Å². The summed E-state index contributed by atoms with van der Waals surface area (Å²) in [7, 11) is 0. The molecule has 1 aromatic heterocycles. The number of hydrogen-bond donors (Lipinski definition) is 1. The van der Waals surface area contributed by atoms with Crippen LogP contribution in [0.3, 0.4) is 0 Å². The number of nitrogen functional groups attached to an aromatic ring is 1. The van der Waals surface area contributed by atoms with Crippen molar-refractivity contribution < 1.29 is 4.39 Å². The van der Waals surface area contributed by atoms with E-state index in [1.54, 1.807) is 10.6 Å². The van der Waals surface area contributed by atoms with E-state index in [1.165, 1.54) is 6.07 Å². The van der Waals surface area contributed by atoms with Crippen molar-refractivity contribution in [2.45, 2.75) is 32.7 Å². The number of anilines is 1. The Morgan fingerprint density at radius 1 is 1.33 bits per heavy atom. The predicted octanol–water partition coefficient (Wildman–Crippen LogP) is 1.88. The molecule has 0 aliphatic carbocycles. The van der Waals surface area contributed by atoms with Crippen molar-refractivity contribution in [1.29, 1.82) is 0 Å². The molecule has 0 aliphatic rings. The molecule has 0 fully saturated rings. The van der Waals surface area contributed by atoms with Crippen LogP contribution in [0.5, 0.6) is 0 Å². The van der Waals surface area contributed by atoms with Crippen molar-refractivity contribution in [1.82, 2.24) is 4.57 Å². The smallest absolute Gasteiger partial charge is 0.250 e. The molecule has 0 radical (unpaired) electrons. The summed E-state index contributed by atoms with van der Waals surface area (Å²) >= 11 is 0. The maximum atomic E-state index is 11.9. The van der Waals surface area contributed by atoms with Crippen LogP contribution in [0.2, 0.25) is 0 Å². The topological polar surface area (TPSA) is 48.0 Å². The molecule has 1 aromatic rings. The first-order valence-electron chi connectivity index (χ1n) is 5.18. The van der Waals surface area contributed by atoms with E-state index in [2.05, 4.69) is 0 Å². The number of aromatic nitrogens is 1. The zero-order valence-electron chi connectivity index (χ0n) is 9.00. The second kappa shape index (κ2) is 5.53. The van der Waals surface area contributed by atoms with Gasteiger partial charge in [0.15, 0.2) is 0 Å². The third kappa shape index (κ3) is 3.08. The molecule has 0 spiro atoms. The number of alkyl halides is 1. The summed E-state index contributed by atoms with van der Waals surface area (Å²) in [5.41, 5.74) is 7.08. The quantitative estimate of drug-likeness (QED) is 0.757. The molecule has 0 unspecified atom stereocenters. The zero-order chi connectivity index (χ0) is 11.3. The van der Waals surface area contributed by atoms with Crippen LogP contribution >= 0.6 is 0 Å². The van der Waals surface area contributed by atoms with Crippen molar-refractivity contribution in [3.63, 3.8) is 0 Å². The van der Waals surface area contributed by atoms with Crippen LogP contribution in [0.4, 0.5) is 10.1 Å². The zero-order valence-corrected chi connectivity index (χ0v) is 9.00. The molecule has 0 saturated carbocycles. The SMILES string of the molecule is Cc1c(N)ccc(=O)n1CCCCCF. The Hall–Kier alpha value is -1.32. The number of hydrogen-bond acceptors (Lipinski definition) is 2. The maximum absolute atomic E-state index is 11.9. The van der Waals surface area contributed by atoms with Crippen molar-refractivity contribution in [2.75, 3.05) is 12.4 Å². The van der Waals surface area contributed by atoms with Crippen LogP contribution in [-0.4, -0.2) is 11.2 Å². The average Bonchev–Trinajstić information content (AvgIpc) is 2.23. The Labute approximate surface area is 88.7 Å². The van der Waals surface area contributed by atoms with Gasteiger partial charge < -0.3 is 10.3 Å². The van der Waals surface area contributed by atoms with Gasteiger partial charge in [0.05, 0.1) is 12.4 Å². The minimum Gasteiger partial charge on any atom is -0.397 e. The van der Waals surface area contributed by atoms with Crippen molar-refractivity contribution in [3.8, 4) is 0 Å². The molecule has 2 N–H and O–H groups in total. The lowest BCUT2D eigenvalue weighted by Crippen LogP contribution is -2.22. The maximum Gasteiger partial charge on any atom is 0.250 e. The monoisotopic (exact) mass is 212 g/mol. The Morgan fingerprint density at radius 3 is 2.73 bits per heavy atom.